The Morgan fingerprint density at radius 1 is 0.306 bits per heavy atom. The highest BCUT2D eigenvalue weighted by Crippen LogP contribution is 2.39. The van der Waals surface area contributed by atoms with Crippen molar-refractivity contribution in [3.8, 4) is 74.0 Å². The average molecular weight is 796 g/mol. The summed E-state index contributed by atoms with van der Waals surface area (Å²) in [7, 11) is 0. The van der Waals surface area contributed by atoms with Crippen LogP contribution in [-0.2, 0) is 0 Å². The van der Waals surface area contributed by atoms with Gasteiger partial charge >= 0.3 is 0 Å². The van der Waals surface area contributed by atoms with Gasteiger partial charge in [0.2, 0.25) is 5.95 Å². The second-order valence-electron chi connectivity index (χ2n) is 15.1. The maximum Gasteiger partial charge on any atom is 0.238 e. The zero-order chi connectivity index (χ0) is 41.0. The van der Waals surface area contributed by atoms with Gasteiger partial charge < -0.3 is 4.42 Å². The molecule has 4 aromatic heterocycles. The maximum atomic E-state index is 6.54. The van der Waals surface area contributed by atoms with Crippen LogP contribution in [0.3, 0.4) is 0 Å². The highest BCUT2D eigenvalue weighted by Gasteiger charge is 2.21. The van der Waals surface area contributed by atoms with Gasteiger partial charge in [-0.15, -0.1) is 0 Å². The summed E-state index contributed by atoms with van der Waals surface area (Å²) in [6.07, 6.45) is 0. The van der Waals surface area contributed by atoms with Crippen molar-refractivity contribution in [2.45, 2.75) is 0 Å². The highest BCUT2D eigenvalue weighted by atomic mass is 16.3. The molecule has 8 aromatic carbocycles. The summed E-state index contributed by atoms with van der Waals surface area (Å²) in [5, 5.41) is 4.15. The van der Waals surface area contributed by atoms with E-state index in [4.69, 9.17) is 34.3 Å². The Kier molecular flexibility index (Phi) is 8.31. The molecule has 0 saturated heterocycles. The van der Waals surface area contributed by atoms with Gasteiger partial charge in [-0.2, -0.15) is 9.97 Å². The molecule has 0 aliphatic carbocycles. The monoisotopic (exact) mass is 795 g/mol. The van der Waals surface area contributed by atoms with Crippen molar-refractivity contribution in [1.29, 1.82) is 0 Å². The zero-order valence-corrected chi connectivity index (χ0v) is 33.1. The molecule has 0 spiro atoms. The summed E-state index contributed by atoms with van der Waals surface area (Å²) in [6, 6.07) is 67.6. The van der Waals surface area contributed by atoms with E-state index in [2.05, 4.69) is 83.4 Å². The number of fused-ring (bicyclic) bond motifs is 6. The van der Waals surface area contributed by atoms with E-state index in [9.17, 15) is 0 Å². The summed E-state index contributed by atoms with van der Waals surface area (Å²) in [5.41, 5.74) is 10.1. The van der Waals surface area contributed by atoms with Crippen LogP contribution in [0.5, 0.6) is 0 Å². The third kappa shape index (κ3) is 6.09. The van der Waals surface area contributed by atoms with Crippen LogP contribution >= 0.6 is 0 Å². The van der Waals surface area contributed by atoms with Crippen LogP contribution in [0, 0.1) is 0 Å². The van der Waals surface area contributed by atoms with Gasteiger partial charge in [-0.25, -0.2) is 19.9 Å². The first-order chi connectivity index (χ1) is 30.7. The molecule has 8 nitrogen and oxygen atoms in total. The van der Waals surface area contributed by atoms with Crippen LogP contribution in [0.15, 0.2) is 205 Å². The SMILES string of the molecule is c1ccc(-c2nc(-c3ccccc3)nc(-c3cccc(-c4ccc5oc6cccc(-c7nc(-c8ccccc8)nc(-n8c9ccccc9c9ccccc98)n7)c6c5c4)c3)n2)cc1. The van der Waals surface area contributed by atoms with E-state index in [-0.39, 0.29) is 0 Å². The predicted molar refractivity (Wildman–Crippen MR) is 247 cm³/mol. The van der Waals surface area contributed by atoms with Crippen molar-refractivity contribution in [3.05, 3.63) is 200 Å². The van der Waals surface area contributed by atoms with E-state index in [0.717, 1.165) is 82.7 Å². The van der Waals surface area contributed by atoms with Crippen LogP contribution < -0.4 is 0 Å². The third-order valence-corrected chi connectivity index (χ3v) is 11.3. The predicted octanol–water partition coefficient (Wildman–Crippen LogP) is 13.1. The molecule has 4 heterocycles. The number of hydrogen-bond donors (Lipinski definition) is 0. The average Bonchev–Trinajstić information content (AvgIpc) is 3.90. The minimum absolute atomic E-state index is 0.540. The number of aromatic nitrogens is 7. The second-order valence-corrected chi connectivity index (χ2v) is 15.1. The summed E-state index contributed by atoms with van der Waals surface area (Å²) >= 11 is 0. The van der Waals surface area contributed by atoms with Gasteiger partial charge in [0.1, 0.15) is 11.2 Å². The second kappa shape index (κ2) is 14.6. The Hall–Kier alpha value is -8.62. The van der Waals surface area contributed by atoms with Crippen molar-refractivity contribution in [2.24, 2.45) is 0 Å². The molecule has 62 heavy (non-hydrogen) atoms. The largest absolute Gasteiger partial charge is 0.456 e. The van der Waals surface area contributed by atoms with Crippen LogP contribution in [0.4, 0.5) is 0 Å². The van der Waals surface area contributed by atoms with Crippen molar-refractivity contribution in [3.63, 3.8) is 0 Å². The Morgan fingerprint density at radius 3 is 1.40 bits per heavy atom. The first-order valence-corrected chi connectivity index (χ1v) is 20.5. The molecule has 8 heteroatoms. The van der Waals surface area contributed by atoms with E-state index in [1.165, 1.54) is 0 Å². The fourth-order valence-corrected chi connectivity index (χ4v) is 8.41. The normalized spacial score (nSPS) is 11.5. The Morgan fingerprint density at radius 2 is 0.774 bits per heavy atom. The van der Waals surface area contributed by atoms with Gasteiger partial charge in [-0.3, -0.25) is 4.57 Å². The molecule has 0 atom stereocenters. The number of para-hydroxylation sites is 2. The lowest BCUT2D eigenvalue weighted by Crippen LogP contribution is -2.06. The van der Waals surface area contributed by atoms with Gasteiger partial charge in [-0.05, 0) is 47.5 Å². The van der Waals surface area contributed by atoms with Gasteiger partial charge in [0, 0.05) is 49.4 Å². The molecule has 0 saturated carbocycles. The molecule has 0 bridgehead atoms. The molecule has 12 aromatic rings. The van der Waals surface area contributed by atoms with E-state index in [0.29, 0.717) is 35.1 Å². The Bertz CT molecular complexity index is 3530. The first kappa shape index (κ1) is 35.3. The molecule has 12 rings (SSSR count). The van der Waals surface area contributed by atoms with Crippen molar-refractivity contribution >= 4 is 43.7 Å². The molecular weight excluding hydrogens is 763 g/mol. The van der Waals surface area contributed by atoms with Crippen LogP contribution in [0.25, 0.3) is 118 Å². The van der Waals surface area contributed by atoms with E-state index >= 15 is 0 Å². The molecule has 0 aliphatic heterocycles. The van der Waals surface area contributed by atoms with Gasteiger partial charge in [0.25, 0.3) is 0 Å². The number of rotatable bonds is 7. The lowest BCUT2D eigenvalue weighted by molar-refractivity contribution is 0.669. The number of nitrogens with zero attached hydrogens (tertiary/aromatic N) is 7. The Balaban J connectivity index is 1.02. The van der Waals surface area contributed by atoms with Crippen molar-refractivity contribution in [1.82, 2.24) is 34.5 Å². The molecule has 0 unspecified atom stereocenters. The summed E-state index contributed by atoms with van der Waals surface area (Å²) in [4.78, 5) is 30.5. The summed E-state index contributed by atoms with van der Waals surface area (Å²) < 4.78 is 8.68. The number of furan rings is 1. The molecule has 0 radical (unpaired) electrons. The first-order valence-electron chi connectivity index (χ1n) is 20.5. The maximum absolute atomic E-state index is 6.54. The van der Waals surface area contributed by atoms with E-state index < -0.39 is 0 Å². The third-order valence-electron chi connectivity index (χ3n) is 11.3. The van der Waals surface area contributed by atoms with Crippen LogP contribution in [0.2, 0.25) is 0 Å². The topological polar surface area (TPSA) is 95.4 Å². The van der Waals surface area contributed by atoms with Crippen molar-refractivity contribution in [2.75, 3.05) is 0 Å². The Labute approximate surface area is 355 Å². The number of hydrogen-bond acceptors (Lipinski definition) is 7. The fourth-order valence-electron chi connectivity index (χ4n) is 8.41. The van der Waals surface area contributed by atoms with E-state index in [1.54, 1.807) is 0 Å². The van der Waals surface area contributed by atoms with Crippen molar-refractivity contribution < 1.29 is 4.42 Å². The molecule has 0 amide bonds. The van der Waals surface area contributed by atoms with Gasteiger partial charge in [0.05, 0.1) is 11.0 Å². The van der Waals surface area contributed by atoms with Crippen LogP contribution in [0.1, 0.15) is 0 Å². The molecule has 0 fully saturated rings. The molecule has 0 N–H and O–H groups in total. The van der Waals surface area contributed by atoms with Gasteiger partial charge in [-0.1, -0.05) is 164 Å². The standard InChI is InChI=1S/C54H33N7O/c1-4-16-34(17-5-1)49-55-50(35-18-6-2-7-19-35)57-52(56-49)39-23-14-22-37(32-39)38-30-31-46-43(33-38)48-42(26-15-29-47(48)62-46)53-58-51(36-20-8-3-9-21-36)59-54(60-53)61-44-27-12-10-24-40(44)41-25-11-13-28-45(41)61/h1-33H. The van der Waals surface area contributed by atoms with E-state index in [1.807, 2.05) is 121 Å². The molecule has 290 valence electrons. The summed E-state index contributed by atoms with van der Waals surface area (Å²) in [5.74, 6) is 3.51. The molecule has 0 aliphatic rings. The molecular formula is C54H33N7O. The minimum atomic E-state index is 0.540. The number of benzene rings is 8. The summed E-state index contributed by atoms with van der Waals surface area (Å²) in [6.45, 7) is 0. The fraction of sp³-hybridized carbons (Fsp3) is 0. The highest BCUT2D eigenvalue weighted by molar-refractivity contribution is 6.13. The van der Waals surface area contributed by atoms with Crippen LogP contribution in [-0.4, -0.2) is 34.5 Å². The minimum Gasteiger partial charge on any atom is -0.456 e. The van der Waals surface area contributed by atoms with Gasteiger partial charge in [0.15, 0.2) is 29.1 Å². The zero-order valence-electron chi connectivity index (χ0n) is 33.1. The lowest BCUT2D eigenvalue weighted by Gasteiger charge is -2.11. The quantitative estimate of drug-likeness (QED) is 0.158. The lowest BCUT2D eigenvalue weighted by atomic mass is 9.99. The smallest absolute Gasteiger partial charge is 0.238 e.